The third-order valence-electron chi connectivity index (χ3n) is 2.96. The van der Waals surface area contributed by atoms with Crippen molar-refractivity contribution < 1.29 is 13.9 Å². The number of anilines is 1. The second kappa shape index (κ2) is 6.69. The van der Waals surface area contributed by atoms with Gasteiger partial charge in [0, 0.05) is 18.9 Å². The maximum absolute atomic E-state index is 13.4. The van der Waals surface area contributed by atoms with Crippen LogP contribution >= 0.6 is 0 Å². The summed E-state index contributed by atoms with van der Waals surface area (Å²) in [6, 6.07) is 9.61. The van der Waals surface area contributed by atoms with E-state index in [1.165, 1.54) is 12.3 Å². The van der Waals surface area contributed by atoms with Crippen LogP contribution in [-0.4, -0.2) is 31.1 Å². The lowest BCUT2D eigenvalue weighted by molar-refractivity contribution is 0.0995. The van der Waals surface area contributed by atoms with Gasteiger partial charge in [0.25, 0.3) is 5.91 Å². The molecular formula is C15H16FN3O2. The monoisotopic (exact) mass is 289 g/mol. The van der Waals surface area contributed by atoms with E-state index in [4.69, 9.17) is 10.5 Å². The molecule has 110 valence electrons. The molecule has 21 heavy (non-hydrogen) atoms. The normalized spacial score (nSPS) is 10.2. The molecule has 6 heteroatoms. The number of nitrogens with two attached hydrogens (primary N) is 1. The van der Waals surface area contributed by atoms with Crippen molar-refractivity contribution in [3.63, 3.8) is 0 Å². The summed E-state index contributed by atoms with van der Waals surface area (Å²) in [6.07, 6.45) is 1.52. The number of halogens is 1. The maximum Gasteiger partial charge on any atom is 0.267 e. The summed E-state index contributed by atoms with van der Waals surface area (Å²) in [7, 11) is 1.84. The van der Waals surface area contributed by atoms with Crippen molar-refractivity contribution in [2.75, 3.05) is 25.1 Å². The molecule has 0 bridgehead atoms. The lowest BCUT2D eigenvalue weighted by Crippen LogP contribution is -2.24. The minimum atomic E-state index is -0.576. The topological polar surface area (TPSA) is 68.4 Å². The fraction of sp³-hybridized carbons (Fsp3) is 0.200. The number of benzene rings is 1. The molecule has 2 rings (SSSR count). The highest BCUT2D eigenvalue weighted by atomic mass is 19.1. The molecule has 0 fully saturated rings. The molecule has 0 spiro atoms. The number of nitrogens with zero attached hydrogens (tertiary/aromatic N) is 2. The lowest BCUT2D eigenvalue weighted by Gasteiger charge is -2.19. The SMILES string of the molecule is CN(CCOc1ccccc1F)c1ccnc(C(N)=O)c1. The molecule has 0 radical (unpaired) electrons. The predicted molar refractivity (Wildman–Crippen MR) is 77.9 cm³/mol. The van der Waals surface area contributed by atoms with Gasteiger partial charge in [-0.2, -0.15) is 0 Å². The molecule has 1 aromatic heterocycles. The first kappa shape index (κ1) is 14.8. The number of pyridine rings is 1. The van der Waals surface area contributed by atoms with E-state index >= 15 is 0 Å². The van der Waals surface area contributed by atoms with Crippen LogP contribution in [-0.2, 0) is 0 Å². The molecule has 1 heterocycles. The second-order valence-electron chi connectivity index (χ2n) is 4.46. The van der Waals surface area contributed by atoms with E-state index in [1.54, 1.807) is 30.3 Å². The number of likely N-dealkylation sites (N-methyl/N-ethyl adjacent to an activating group) is 1. The van der Waals surface area contributed by atoms with Gasteiger partial charge in [-0.25, -0.2) is 4.39 Å². The Balaban J connectivity index is 1.93. The van der Waals surface area contributed by atoms with Gasteiger partial charge in [0.2, 0.25) is 0 Å². The van der Waals surface area contributed by atoms with E-state index in [1.807, 2.05) is 11.9 Å². The zero-order chi connectivity index (χ0) is 15.2. The predicted octanol–water partition coefficient (Wildman–Crippen LogP) is 1.83. The molecule has 1 amide bonds. The van der Waals surface area contributed by atoms with Crippen LogP contribution in [0.1, 0.15) is 10.5 Å². The van der Waals surface area contributed by atoms with Gasteiger partial charge in [0.1, 0.15) is 12.3 Å². The Labute approximate surface area is 122 Å². The summed E-state index contributed by atoms with van der Waals surface area (Å²) in [5, 5.41) is 0. The first-order valence-corrected chi connectivity index (χ1v) is 6.42. The highest BCUT2D eigenvalue weighted by molar-refractivity contribution is 5.91. The van der Waals surface area contributed by atoms with Crippen molar-refractivity contribution in [3.05, 3.63) is 54.1 Å². The lowest BCUT2D eigenvalue weighted by atomic mass is 10.3. The second-order valence-corrected chi connectivity index (χ2v) is 4.46. The Kier molecular flexibility index (Phi) is 4.71. The fourth-order valence-corrected chi connectivity index (χ4v) is 1.77. The third kappa shape index (κ3) is 3.92. The van der Waals surface area contributed by atoms with Crippen molar-refractivity contribution in [1.29, 1.82) is 0 Å². The van der Waals surface area contributed by atoms with Gasteiger partial charge in [-0.05, 0) is 24.3 Å². The number of hydrogen-bond donors (Lipinski definition) is 1. The van der Waals surface area contributed by atoms with Crippen LogP contribution < -0.4 is 15.4 Å². The number of amides is 1. The Bertz CT molecular complexity index is 634. The highest BCUT2D eigenvalue weighted by Crippen LogP contribution is 2.16. The molecule has 0 saturated carbocycles. The Morgan fingerprint density at radius 3 is 2.86 bits per heavy atom. The molecule has 2 aromatic rings. The number of para-hydroxylation sites is 1. The zero-order valence-corrected chi connectivity index (χ0v) is 11.6. The molecule has 0 aliphatic carbocycles. The van der Waals surface area contributed by atoms with E-state index in [-0.39, 0.29) is 17.3 Å². The summed E-state index contributed by atoms with van der Waals surface area (Å²) in [4.78, 5) is 16.8. The Morgan fingerprint density at radius 2 is 2.14 bits per heavy atom. The molecule has 0 aliphatic rings. The maximum atomic E-state index is 13.4. The van der Waals surface area contributed by atoms with Crippen LogP contribution in [0.15, 0.2) is 42.6 Å². The van der Waals surface area contributed by atoms with Gasteiger partial charge in [0.15, 0.2) is 11.6 Å². The van der Waals surface area contributed by atoms with Crippen molar-refractivity contribution >= 4 is 11.6 Å². The minimum absolute atomic E-state index is 0.203. The average Bonchev–Trinajstić information content (AvgIpc) is 2.49. The summed E-state index contributed by atoms with van der Waals surface area (Å²) in [5.74, 6) is -0.744. The van der Waals surface area contributed by atoms with Crippen LogP contribution in [0.4, 0.5) is 10.1 Å². The van der Waals surface area contributed by atoms with Crippen molar-refractivity contribution in [2.45, 2.75) is 0 Å². The van der Waals surface area contributed by atoms with Gasteiger partial charge in [-0.3, -0.25) is 9.78 Å². The van der Waals surface area contributed by atoms with E-state index in [2.05, 4.69) is 4.98 Å². The first-order chi connectivity index (χ1) is 10.1. The van der Waals surface area contributed by atoms with Crippen LogP contribution in [0.3, 0.4) is 0 Å². The van der Waals surface area contributed by atoms with Gasteiger partial charge < -0.3 is 15.4 Å². The third-order valence-corrected chi connectivity index (χ3v) is 2.96. The number of carbonyl (C=O) groups excluding carboxylic acids is 1. The number of ether oxygens (including phenoxy) is 1. The van der Waals surface area contributed by atoms with Gasteiger partial charge in [-0.1, -0.05) is 12.1 Å². The summed E-state index contributed by atoms with van der Waals surface area (Å²) in [6.45, 7) is 0.836. The molecule has 2 N–H and O–H groups in total. The molecular weight excluding hydrogens is 273 g/mol. The van der Waals surface area contributed by atoms with E-state index in [0.29, 0.717) is 13.2 Å². The average molecular weight is 289 g/mol. The Morgan fingerprint density at radius 1 is 1.38 bits per heavy atom. The molecule has 0 saturated heterocycles. The highest BCUT2D eigenvalue weighted by Gasteiger charge is 2.07. The Hall–Kier alpha value is -2.63. The number of aromatic nitrogens is 1. The summed E-state index contributed by atoms with van der Waals surface area (Å²) in [5.41, 5.74) is 6.18. The van der Waals surface area contributed by atoms with Crippen molar-refractivity contribution in [3.8, 4) is 5.75 Å². The van der Waals surface area contributed by atoms with Gasteiger partial charge in [-0.15, -0.1) is 0 Å². The number of primary amides is 1. The number of rotatable bonds is 6. The largest absolute Gasteiger partial charge is 0.489 e. The van der Waals surface area contributed by atoms with Gasteiger partial charge >= 0.3 is 0 Å². The van der Waals surface area contributed by atoms with E-state index in [0.717, 1.165) is 5.69 Å². The van der Waals surface area contributed by atoms with Crippen LogP contribution in [0.2, 0.25) is 0 Å². The van der Waals surface area contributed by atoms with Crippen LogP contribution in [0.25, 0.3) is 0 Å². The van der Waals surface area contributed by atoms with Crippen molar-refractivity contribution in [2.24, 2.45) is 5.73 Å². The number of hydrogen-bond acceptors (Lipinski definition) is 4. The molecule has 1 aromatic carbocycles. The smallest absolute Gasteiger partial charge is 0.267 e. The first-order valence-electron chi connectivity index (χ1n) is 6.42. The summed E-state index contributed by atoms with van der Waals surface area (Å²) < 4.78 is 18.8. The summed E-state index contributed by atoms with van der Waals surface area (Å²) >= 11 is 0. The minimum Gasteiger partial charge on any atom is -0.489 e. The fourth-order valence-electron chi connectivity index (χ4n) is 1.77. The zero-order valence-electron chi connectivity index (χ0n) is 11.6. The van der Waals surface area contributed by atoms with Crippen LogP contribution in [0.5, 0.6) is 5.75 Å². The quantitative estimate of drug-likeness (QED) is 0.881. The van der Waals surface area contributed by atoms with Crippen molar-refractivity contribution in [1.82, 2.24) is 4.98 Å². The molecule has 5 nitrogen and oxygen atoms in total. The van der Waals surface area contributed by atoms with E-state index < -0.39 is 5.91 Å². The van der Waals surface area contributed by atoms with Gasteiger partial charge in [0.05, 0.1) is 6.54 Å². The number of carbonyl (C=O) groups is 1. The van der Waals surface area contributed by atoms with E-state index in [9.17, 15) is 9.18 Å². The molecule has 0 unspecified atom stereocenters. The van der Waals surface area contributed by atoms with Crippen LogP contribution in [0, 0.1) is 5.82 Å². The standard InChI is InChI=1S/C15H16FN3O2/c1-19(11-6-7-18-13(10-11)15(17)20)8-9-21-14-5-3-2-4-12(14)16/h2-7,10H,8-9H2,1H3,(H2,17,20). The molecule has 0 atom stereocenters. The molecule has 0 aliphatic heterocycles.